The lowest BCUT2D eigenvalue weighted by Gasteiger charge is -2.05. The van der Waals surface area contributed by atoms with Crippen molar-refractivity contribution in [3.63, 3.8) is 0 Å². The van der Waals surface area contributed by atoms with Gasteiger partial charge in [0.15, 0.2) is 0 Å². The summed E-state index contributed by atoms with van der Waals surface area (Å²) in [7, 11) is 0. The predicted octanol–water partition coefficient (Wildman–Crippen LogP) is 1.65. The van der Waals surface area contributed by atoms with Gasteiger partial charge < -0.3 is 15.5 Å². The number of amides is 1. The molecule has 3 N–H and O–H groups in total. The Hall–Kier alpha value is -1.95. The summed E-state index contributed by atoms with van der Waals surface area (Å²) in [6.45, 7) is 0.549. The van der Waals surface area contributed by atoms with Crippen molar-refractivity contribution in [2.75, 3.05) is 5.73 Å². The largest absolute Gasteiger partial charge is 0.440 e. The van der Waals surface area contributed by atoms with Crippen molar-refractivity contribution >= 4 is 23.4 Å². The van der Waals surface area contributed by atoms with Crippen LogP contribution in [0.2, 0.25) is 0 Å². The highest BCUT2D eigenvalue weighted by atomic mass is 32.2. The van der Waals surface area contributed by atoms with Crippen molar-refractivity contribution < 1.29 is 9.21 Å². The molecule has 0 aliphatic carbocycles. The van der Waals surface area contributed by atoms with E-state index in [1.807, 2.05) is 6.07 Å². The molecule has 6 heteroatoms. The Kier molecular flexibility index (Phi) is 2.29. The van der Waals surface area contributed by atoms with Crippen LogP contribution in [-0.4, -0.2) is 10.9 Å². The van der Waals surface area contributed by atoms with Crippen LogP contribution in [0, 0.1) is 0 Å². The smallest absolute Gasteiger partial charge is 0.260 e. The Balaban J connectivity index is 1.99. The Morgan fingerprint density at radius 3 is 3.12 bits per heavy atom. The molecule has 86 valence electrons. The Bertz CT molecular complexity index is 581. The molecule has 0 unspecified atom stereocenters. The summed E-state index contributed by atoms with van der Waals surface area (Å²) in [6, 6.07) is 3.60. The fourth-order valence-corrected chi connectivity index (χ4v) is 2.49. The number of nitrogen functional groups attached to an aromatic ring is 1. The number of oxazole rings is 1. The third-order valence-electron chi connectivity index (χ3n) is 2.53. The maximum Gasteiger partial charge on any atom is 0.260 e. The quantitative estimate of drug-likeness (QED) is 0.789. The molecule has 3 rings (SSSR count). The highest BCUT2D eigenvalue weighted by Gasteiger charge is 2.21. The molecule has 0 saturated heterocycles. The second kappa shape index (κ2) is 3.81. The van der Waals surface area contributed by atoms with Gasteiger partial charge in [-0.1, -0.05) is 0 Å². The van der Waals surface area contributed by atoms with Gasteiger partial charge >= 0.3 is 0 Å². The van der Waals surface area contributed by atoms with E-state index in [9.17, 15) is 4.79 Å². The van der Waals surface area contributed by atoms with E-state index in [2.05, 4.69) is 10.3 Å². The fourth-order valence-electron chi connectivity index (χ4n) is 1.71. The minimum absolute atomic E-state index is 0.0700. The van der Waals surface area contributed by atoms with Gasteiger partial charge in [0.05, 0.1) is 6.20 Å². The molecule has 1 amide bonds. The van der Waals surface area contributed by atoms with Crippen molar-refractivity contribution in [1.29, 1.82) is 0 Å². The molecule has 2 aromatic rings. The van der Waals surface area contributed by atoms with Gasteiger partial charge in [-0.3, -0.25) is 4.79 Å². The molecule has 2 heterocycles. The molecule has 0 fully saturated rings. The lowest BCUT2D eigenvalue weighted by Crippen LogP contribution is -2.12. The van der Waals surface area contributed by atoms with Crippen LogP contribution in [0.15, 0.2) is 39.1 Å². The lowest BCUT2D eigenvalue weighted by molar-refractivity contribution is 0.0966. The first-order valence-electron chi connectivity index (χ1n) is 5.02. The molecule has 0 saturated carbocycles. The maximum atomic E-state index is 11.4. The van der Waals surface area contributed by atoms with Gasteiger partial charge in [-0.25, -0.2) is 4.98 Å². The summed E-state index contributed by atoms with van der Waals surface area (Å²) in [5.74, 6) is -0.0700. The van der Waals surface area contributed by atoms with Crippen LogP contribution < -0.4 is 11.1 Å². The van der Waals surface area contributed by atoms with Crippen LogP contribution in [0.5, 0.6) is 0 Å². The summed E-state index contributed by atoms with van der Waals surface area (Å²) >= 11 is 1.35. The van der Waals surface area contributed by atoms with Crippen molar-refractivity contribution in [3.8, 4) is 0 Å². The number of nitrogens with one attached hydrogen (secondary N) is 1. The minimum Gasteiger partial charge on any atom is -0.440 e. The Labute approximate surface area is 101 Å². The zero-order valence-corrected chi connectivity index (χ0v) is 9.58. The summed E-state index contributed by atoms with van der Waals surface area (Å²) in [4.78, 5) is 16.3. The van der Waals surface area contributed by atoms with Gasteiger partial charge in [0.1, 0.15) is 6.26 Å². The number of carbonyl (C=O) groups is 1. The monoisotopic (exact) mass is 247 g/mol. The first kappa shape index (κ1) is 10.2. The molecule has 0 radical (unpaired) electrons. The first-order valence-corrected chi connectivity index (χ1v) is 5.83. The summed E-state index contributed by atoms with van der Waals surface area (Å²) in [5.41, 5.74) is 8.07. The number of nitrogens with two attached hydrogens (primary N) is 1. The number of anilines is 1. The molecule has 17 heavy (non-hydrogen) atoms. The van der Waals surface area contributed by atoms with Crippen molar-refractivity contribution in [1.82, 2.24) is 10.3 Å². The minimum atomic E-state index is -0.0700. The number of hydrogen-bond donors (Lipinski definition) is 2. The van der Waals surface area contributed by atoms with E-state index in [1.54, 1.807) is 12.3 Å². The zero-order valence-electron chi connectivity index (χ0n) is 8.77. The number of rotatable bonds is 2. The van der Waals surface area contributed by atoms with Gasteiger partial charge in [-0.2, -0.15) is 0 Å². The van der Waals surface area contributed by atoms with E-state index in [0.29, 0.717) is 23.0 Å². The van der Waals surface area contributed by atoms with Crippen molar-refractivity contribution in [3.05, 3.63) is 35.7 Å². The predicted molar refractivity (Wildman–Crippen MR) is 62.7 cm³/mol. The highest BCUT2D eigenvalue weighted by molar-refractivity contribution is 7.99. The summed E-state index contributed by atoms with van der Waals surface area (Å²) in [5, 5.41) is 3.29. The van der Waals surface area contributed by atoms with Crippen LogP contribution >= 0.6 is 11.8 Å². The van der Waals surface area contributed by atoms with Crippen LogP contribution in [0.3, 0.4) is 0 Å². The number of hydrogen-bond acceptors (Lipinski definition) is 5. The second-order valence-electron chi connectivity index (χ2n) is 3.63. The van der Waals surface area contributed by atoms with Crippen molar-refractivity contribution in [2.45, 2.75) is 16.7 Å². The highest BCUT2D eigenvalue weighted by Crippen LogP contribution is 2.34. The van der Waals surface area contributed by atoms with Crippen LogP contribution in [-0.2, 0) is 6.54 Å². The molecule has 0 bridgehead atoms. The van der Waals surface area contributed by atoms with E-state index >= 15 is 0 Å². The normalized spacial score (nSPS) is 13.5. The molecule has 1 aliphatic heterocycles. The number of aromatic nitrogens is 1. The Morgan fingerprint density at radius 1 is 1.47 bits per heavy atom. The summed E-state index contributed by atoms with van der Waals surface area (Å²) < 4.78 is 5.15. The summed E-state index contributed by atoms with van der Waals surface area (Å²) in [6.07, 6.45) is 3.09. The molecular weight excluding hydrogens is 238 g/mol. The molecule has 1 aromatic heterocycles. The van der Waals surface area contributed by atoms with Gasteiger partial charge in [-0.05, 0) is 29.5 Å². The third kappa shape index (κ3) is 1.76. The van der Waals surface area contributed by atoms with Gasteiger partial charge in [-0.15, -0.1) is 0 Å². The number of benzene rings is 1. The second-order valence-corrected chi connectivity index (χ2v) is 4.62. The standard InChI is InChI=1S/C11H9N3O2S/c12-8-4-7-6(5-14-10(7)15)3-9(8)17-11-13-1-2-16-11/h1-4H,5,12H2,(H,14,15). The molecule has 1 aliphatic rings. The molecule has 5 nitrogen and oxygen atoms in total. The maximum absolute atomic E-state index is 11.4. The van der Waals surface area contributed by atoms with E-state index < -0.39 is 0 Å². The zero-order chi connectivity index (χ0) is 11.8. The SMILES string of the molecule is Nc1cc2c(cc1Sc1ncco1)CNC2=O. The average Bonchev–Trinajstić information content (AvgIpc) is 2.92. The Morgan fingerprint density at radius 2 is 2.35 bits per heavy atom. The van der Waals surface area contributed by atoms with Crippen LogP contribution in [0.4, 0.5) is 5.69 Å². The molecular formula is C11H9N3O2S. The fraction of sp³-hybridized carbons (Fsp3) is 0.0909. The molecule has 1 aromatic carbocycles. The van der Waals surface area contributed by atoms with Crippen molar-refractivity contribution in [2.24, 2.45) is 0 Å². The number of fused-ring (bicyclic) bond motifs is 1. The topological polar surface area (TPSA) is 81.2 Å². The van der Waals surface area contributed by atoms with Gasteiger partial charge in [0.2, 0.25) is 0 Å². The van der Waals surface area contributed by atoms with E-state index in [1.165, 1.54) is 18.0 Å². The van der Waals surface area contributed by atoms with Gasteiger partial charge in [0, 0.05) is 22.7 Å². The van der Waals surface area contributed by atoms with Gasteiger partial charge in [0.25, 0.3) is 11.1 Å². The van der Waals surface area contributed by atoms with Crippen LogP contribution in [0.1, 0.15) is 15.9 Å². The number of nitrogens with zero attached hydrogens (tertiary/aromatic N) is 1. The molecule has 0 spiro atoms. The molecule has 0 atom stereocenters. The average molecular weight is 247 g/mol. The number of carbonyl (C=O) groups excluding carboxylic acids is 1. The van der Waals surface area contributed by atoms with E-state index in [-0.39, 0.29) is 5.91 Å². The third-order valence-corrected chi connectivity index (χ3v) is 3.48. The van der Waals surface area contributed by atoms with E-state index in [0.717, 1.165) is 10.5 Å². The van der Waals surface area contributed by atoms with Crippen LogP contribution in [0.25, 0.3) is 0 Å². The lowest BCUT2D eigenvalue weighted by atomic mass is 10.1. The first-order chi connectivity index (χ1) is 8.24. The van der Waals surface area contributed by atoms with E-state index in [4.69, 9.17) is 10.2 Å².